The minimum Gasteiger partial charge on any atom is -0.298 e. The van der Waals surface area contributed by atoms with E-state index < -0.39 is 21.4 Å². The summed E-state index contributed by atoms with van der Waals surface area (Å²) in [6.07, 6.45) is 1.26. The van der Waals surface area contributed by atoms with Crippen molar-refractivity contribution in [1.29, 1.82) is 0 Å². The van der Waals surface area contributed by atoms with Gasteiger partial charge in [-0.05, 0) is 25.1 Å². The van der Waals surface area contributed by atoms with E-state index in [4.69, 9.17) is 0 Å². The molecule has 0 aliphatic carbocycles. The molecule has 114 valence electrons. The molecule has 0 fully saturated rings. The quantitative estimate of drug-likeness (QED) is 0.759. The molecule has 0 aliphatic rings. The van der Waals surface area contributed by atoms with Gasteiger partial charge in [0.1, 0.15) is 22.1 Å². The van der Waals surface area contributed by atoms with Crippen LogP contribution in [0, 0.1) is 12.7 Å². The number of anilines is 1. The lowest BCUT2D eigenvalue weighted by molar-refractivity contribution is 0.598. The molecule has 2 aromatic heterocycles. The van der Waals surface area contributed by atoms with E-state index in [0.717, 1.165) is 6.07 Å². The van der Waals surface area contributed by atoms with Crippen LogP contribution in [0.4, 0.5) is 10.1 Å². The number of hydrogen-bond donors (Lipinski definition) is 2. The smallest absolute Gasteiger partial charge is 0.288 e. The standard InChI is InChI=1S/C13H11FN4O3S/c1-8-15-16-13(19)12-6-9(7-18(8)12)22(20,21)17-11-5-3-2-4-10(11)14/h2-7,17H,1H3,(H,16,19). The summed E-state index contributed by atoms with van der Waals surface area (Å²) in [5, 5.41) is 6.02. The SMILES string of the molecule is Cc1n[nH]c(=O)c2cc(S(=O)(=O)Nc3ccccc3F)cn12. The van der Waals surface area contributed by atoms with Crippen LogP contribution in [0.5, 0.6) is 0 Å². The Labute approximate surface area is 124 Å². The minimum absolute atomic E-state index is 0.140. The van der Waals surface area contributed by atoms with E-state index in [1.807, 2.05) is 0 Å². The Bertz CT molecular complexity index is 1020. The van der Waals surface area contributed by atoms with Gasteiger partial charge in [-0.2, -0.15) is 5.10 Å². The summed E-state index contributed by atoms with van der Waals surface area (Å²) >= 11 is 0. The van der Waals surface area contributed by atoms with E-state index in [1.165, 1.54) is 34.9 Å². The van der Waals surface area contributed by atoms with Gasteiger partial charge in [-0.1, -0.05) is 12.1 Å². The lowest BCUT2D eigenvalue weighted by Crippen LogP contribution is -2.13. The van der Waals surface area contributed by atoms with E-state index in [0.29, 0.717) is 5.82 Å². The van der Waals surface area contributed by atoms with Crippen LogP contribution in [0.1, 0.15) is 5.82 Å². The molecule has 22 heavy (non-hydrogen) atoms. The molecule has 3 aromatic rings. The number of para-hydroxylation sites is 1. The maximum Gasteiger partial charge on any atom is 0.288 e. The summed E-state index contributed by atoms with van der Waals surface area (Å²) in [4.78, 5) is 11.5. The van der Waals surface area contributed by atoms with Gasteiger partial charge in [-0.25, -0.2) is 17.9 Å². The second-order valence-electron chi connectivity index (χ2n) is 4.62. The number of hydrogen-bond acceptors (Lipinski definition) is 4. The predicted molar refractivity (Wildman–Crippen MR) is 77.8 cm³/mol. The molecule has 0 amide bonds. The average molecular weight is 322 g/mol. The fourth-order valence-corrected chi connectivity index (χ4v) is 3.10. The topological polar surface area (TPSA) is 96.3 Å². The van der Waals surface area contributed by atoms with E-state index in [-0.39, 0.29) is 16.1 Å². The fraction of sp³-hybridized carbons (Fsp3) is 0.0769. The van der Waals surface area contributed by atoms with Crippen molar-refractivity contribution < 1.29 is 12.8 Å². The van der Waals surface area contributed by atoms with Crippen LogP contribution in [0.3, 0.4) is 0 Å². The highest BCUT2D eigenvalue weighted by molar-refractivity contribution is 7.92. The van der Waals surface area contributed by atoms with Gasteiger partial charge in [0.15, 0.2) is 0 Å². The van der Waals surface area contributed by atoms with Crippen molar-refractivity contribution in [2.75, 3.05) is 4.72 Å². The summed E-state index contributed by atoms with van der Waals surface area (Å²) in [5.41, 5.74) is -0.541. The maximum atomic E-state index is 13.6. The second-order valence-corrected chi connectivity index (χ2v) is 6.30. The summed E-state index contributed by atoms with van der Waals surface area (Å²) in [7, 11) is -4.02. The second kappa shape index (κ2) is 4.95. The molecule has 0 atom stereocenters. The fourth-order valence-electron chi connectivity index (χ4n) is 2.02. The number of H-pyrrole nitrogens is 1. The van der Waals surface area contributed by atoms with Gasteiger partial charge in [0.25, 0.3) is 15.6 Å². The first-order chi connectivity index (χ1) is 10.4. The molecule has 0 saturated heterocycles. The third-order valence-electron chi connectivity index (χ3n) is 3.12. The third kappa shape index (κ3) is 2.35. The Hall–Kier alpha value is -2.68. The number of nitrogens with zero attached hydrogens (tertiary/aromatic N) is 2. The summed E-state index contributed by atoms with van der Waals surface area (Å²) < 4.78 is 41.7. The summed E-state index contributed by atoms with van der Waals surface area (Å²) in [6, 6.07) is 6.62. The molecule has 1 aromatic carbocycles. The largest absolute Gasteiger partial charge is 0.298 e. The maximum absolute atomic E-state index is 13.6. The van der Waals surface area contributed by atoms with Crippen molar-refractivity contribution in [1.82, 2.24) is 14.6 Å². The number of sulfonamides is 1. The van der Waals surface area contributed by atoms with Crippen LogP contribution in [-0.2, 0) is 10.0 Å². The number of halogens is 1. The number of nitrogens with one attached hydrogen (secondary N) is 2. The van der Waals surface area contributed by atoms with Gasteiger partial charge in [0.2, 0.25) is 0 Å². The van der Waals surface area contributed by atoms with Crippen LogP contribution < -0.4 is 10.3 Å². The summed E-state index contributed by atoms with van der Waals surface area (Å²) in [5.74, 6) is -0.271. The molecule has 9 heteroatoms. The molecule has 0 bridgehead atoms. The molecule has 2 N–H and O–H groups in total. The van der Waals surface area contributed by atoms with Crippen LogP contribution in [0.25, 0.3) is 5.52 Å². The summed E-state index contributed by atoms with van der Waals surface area (Å²) in [6.45, 7) is 1.61. The third-order valence-corrected chi connectivity index (χ3v) is 4.46. The zero-order valence-electron chi connectivity index (χ0n) is 11.4. The van der Waals surface area contributed by atoms with Gasteiger partial charge in [0, 0.05) is 6.20 Å². The lowest BCUT2D eigenvalue weighted by atomic mass is 10.3. The Morgan fingerprint density at radius 3 is 2.73 bits per heavy atom. The molecule has 0 spiro atoms. The van der Waals surface area contributed by atoms with Crippen LogP contribution in [-0.4, -0.2) is 23.0 Å². The van der Waals surface area contributed by atoms with Gasteiger partial charge >= 0.3 is 0 Å². The van der Waals surface area contributed by atoms with E-state index >= 15 is 0 Å². The zero-order chi connectivity index (χ0) is 15.9. The Morgan fingerprint density at radius 2 is 2.05 bits per heavy atom. The number of fused-ring (bicyclic) bond motifs is 1. The number of aromatic nitrogens is 3. The van der Waals surface area contributed by atoms with Crippen molar-refractivity contribution in [3.05, 3.63) is 58.5 Å². The van der Waals surface area contributed by atoms with E-state index in [1.54, 1.807) is 6.92 Å². The Morgan fingerprint density at radius 1 is 1.32 bits per heavy atom. The average Bonchev–Trinajstić information content (AvgIpc) is 2.93. The first kappa shape index (κ1) is 14.3. The van der Waals surface area contributed by atoms with Gasteiger partial charge in [-0.3, -0.25) is 13.9 Å². The Balaban J connectivity index is 2.10. The van der Waals surface area contributed by atoms with Crippen LogP contribution >= 0.6 is 0 Å². The lowest BCUT2D eigenvalue weighted by Gasteiger charge is -2.06. The number of aryl methyl sites for hydroxylation is 1. The number of benzene rings is 1. The van der Waals surface area contributed by atoms with Crippen molar-refractivity contribution in [2.24, 2.45) is 0 Å². The van der Waals surface area contributed by atoms with Gasteiger partial charge in [-0.15, -0.1) is 0 Å². The molecule has 0 aliphatic heterocycles. The highest BCUT2D eigenvalue weighted by Gasteiger charge is 2.19. The monoisotopic (exact) mass is 322 g/mol. The molecule has 3 rings (SSSR count). The molecule has 0 unspecified atom stereocenters. The van der Waals surface area contributed by atoms with E-state index in [2.05, 4.69) is 14.9 Å². The Kier molecular flexibility index (Phi) is 3.21. The zero-order valence-corrected chi connectivity index (χ0v) is 12.2. The highest BCUT2D eigenvalue weighted by atomic mass is 32.2. The molecule has 0 saturated carbocycles. The minimum atomic E-state index is -4.02. The van der Waals surface area contributed by atoms with Crippen molar-refractivity contribution in [2.45, 2.75) is 11.8 Å². The van der Waals surface area contributed by atoms with Crippen molar-refractivity contribution in [3.8, 4) is 0 Å². The van der Waals surface area contributed by atoms with Crippen molar-refractivity contribution >= 4 is 21.2 Å². The number of aromatic amines is 1. The first-order valence-corrected chi connectivity index (χ1v) is 7.71. The number of rotatable bonds is 3. The highest BCUT2D eigenvalue weighted by Crippen LogP contribution is 2.20. The molecule has 7 nitrogen and oxygen atoms in total. The van der Waals surface area contributed by atoms with Gasteiger partial charge < -0.3 is 0 Å². The van der Waals surface area contributed by atoms with Gasteiger partial charge in [0.05, 0.1) is 5.69 Å². The van der Waals surface area contributed by atoms with E-state index in [9.17, 15) is 17.6 Å². The molecular weight excluding hydrogens is 311 g/mol. The normalized spacial score (nSPS) is 11.7. The predicted octanol–water partition coefficient (Wildman–Crippen LogP) is 1.27. The van der Waals surface area contributed by atoms with Crippen molar-refractivity contribution in [3.63, 3.8) is 0 Å². The molecular formula is C13H11FN4O3S. The molecule has 2 heterocycles. The van der Waals surface area contributed by atoms with Crippen LogP contribution in [0.2, 0.25) is 0 Å². The first-order valence-electron chi connectivity index (χ1n) is 6.23. The molecule has 0 radical (unpaired) electrons. The van der Waals surface area contributed by atoms with Crippen LogP contribution in [0.15, 0.2) is 46.2 Å².